The maximum absolute atomic E-state index is 11.3. The highest BCUT2D eigenvalue weighted by Gasteiger charge is 2.24. The van der Waals surface area contributed by atoms with E-state index < -0.39 is 0 Å². The summed E-state index contributed by atoms with van der Waals surface area (Å²) >= 11 is 0. The lowest BCUT2D eigenvalue weighted by Crippen LogP contribution is -2.55. The predicted molar refractivity (Wildman–Crippen MR) is 52.6 cm³/mol. The van der Waals surface area contributed by atoms with Gasteiger partial charge in [-0.05, 0) is 13.8 Å². The molecular weight excluding hydrogens is 166 g/mol. The number of carbonyl (C=O) groups excluding carboxylic acids is 1. The van der Waals surface area contributed by atoms with E-state index in [-0.39, 0.29) is 11.9 Å². The number of nitrogens with zero attached hydrogens (tertiary/aromatic N) is 1. The van der Waals surface area contributed by atoms with Gasteiger partial charge in [-0.15, -0.1) is 0 Å². The zero-order chi connectivity index (χ0) is 9.84. The molecule has 1 amide bonds. The molecule has 0 spiro atoms. The number of rotatable bonds is 2. The first-order chi connectivity index (χ1) is 6.15. The van der Waals surface area contributed by atoms with Gasteiger partial charge in [-0.25, -0.2) is 0 Å². The minimum absolute atomic E-state index is 0.00505. The van der Waals surface area contributed by atoms with Crippen molar-refractivity contribution < 1.29 is 4.79 Å². The molecule has 0 bridgehead atoms. The van der Waals surface area contributed by atoms with E-state index >= 15 is 0 Å². The molecule has 1 unspecified atom stereocenters. The van der Waals surface area contributed by atoms with Crippen molar-refractivity contribution in [2.24, 2.45) is 0 Å². The number of carbonyl (C=O) groups is 1. The van der Waals surface area contributed by atoms with E-state index in [0.29, 0.717) is 6.04 Å². The zero-order valence-corrected chi connectivity index (χ0v) is 8.63. The topological polar surface area (TPSA) is 44.4 Å². The summed E-state index contributed by atoms with van der Waals surface area (Å²) < 4.78 is 0. The van der Waals surface area contributed by atoms with Crippen molar-refractivity contribution in [1.29, 1.82) is 0 Å². The molecule has 1 rings (SSSR count). The lowest BCUT2D eigenvalue weighted by molar-refractivity contribution is -0.125. The number of hydrogen-bond donors (Lipinski definition) is 2. The molecule has 1 fully saturated rings. The van der Waals surface area contributed by atoms with Crippen molar-refractivity contribution in [2.45, 2.75) is 25.9 Å². The maximum atomic E-state index is 11.3. The van der Waals surface area contributed by atoms with E-state index in [0.717, 1.165) is 19.6 Å². The Hall–Kier alpha value is -0.610. The van der Waals surface area contributed by atoms with Crippen LogP contribution in [0.25, 0.3) is 0 Å². The Labute approximate surface area is 79.7 Å². The van der Waals surface area contributed by atoms with E-state index in [4.69, 9.17) is 0 Å². The van der Waals surface area contributed by atoms with Crippen LogP contribution in [-0.2, 0) is 4.79 Å². The maximum Gasteiger partial charge on any atom is 0.236 e. The molecule has 0 radical (unpaired) electrons. The van der Waals surface area contributed by atoms with Crippen LogP contribution in [0.2, 0.25) is 0 Å². The van der Waals surface area contributed by atoms with Crippen LogP contribution in [0, 0.1) is 0 Å². The van der Waals surface area contributed by atoms with Crippen molar-refractivity contribution in [3.8, 4) is 0 Å². The SMILES string of the molecule is CNC(=O)C(C)N1CCN[C@@H](C)C1. The lowest BCUT2D eigenvalue weighted by Gasteiger charge is -2.35. The van der Waals surface area contributed by atoms with Gasteiger partial charge in [0, 0.05) is 32.7 Å². The standard InChI is InChI=1S/C9H19N3O/c1-7-6-12(5-4-11-7)8(2)9(13)10-3/h7-8,11H,4-6H2,1-3H3,(H,10,13)/t7-,8?/m0/s1. The molecule has 0 aliphatic carbocycles. The van der Waals surface area contributed by atoms with Crippen molar-refractivity contribution >= 4 is 5.91 Å². The van der Waals surface area contributed by atoms with E-state index in [1.54, 1.807) is 7.05 Å². The fraction of sp³-hybridized carbons (Fsp3) is 0.889. The summed E-state index contributed by atoms with van der Waals surface area (Å²) in [6.07, 6.45) is 0. The van der Waals surface area contributed by atoms with Crippen molar-refractivity contribution in [1.82, 2.24) is 15.5 Å². The van der Waals surface area contributed by atoms with E-state index in [1.807, 2.05) is 6.92 Å². The average molecular weight is 185 g/mol. The normalized spacial score (nSPS) is 26.8. The van der Waals surface area contributed by atoms with Gasteiger partial charge in [0.05, 0.1) is 6.04 Å². The smallest absolute Gasteiger partial charge is 0.236 e. The fourth-order valence-corrected chi connectivity index (χ4v) is 1.69. The summed E-state index contributed by atoms with van der Waals surface area (Å²) in [5, 5.41) is 6.03. The Kier molecular flexibility index (Phi) is 3.69. The largest absolute Gasteiger partial charge is 0.358 e. The molecule has 13 heavy (non-hydrogen) atoms. The molecule has 1 heterocycles. The van der Waals surface area contributed by atoms with E-state index in [1.165, 1.54) is 0 Å². The molecular formula is C9H19N3O. The molecule has 2 atom stereocenters. The van der Waals surface area contributed by atoms with Crippen molar-refractivity contribution in [3.63, 3.8) is 0 Å². The van der Waals surface area contributed by atoms with Gasteiger partial charge in [-0.3, -0.25) is 9.69 Å². The first-order valence-corrected chi connectivity index (χ1v) is 4.84. The second kappa shape index (κ2) is 4.58. The number of nitrogens with one attached hydrogen (secondary N) is 2. The van der Waals surface area contributed by atoms with E-state index in [9.17, 15) is 4.79 Å². The van der Waals surface area contributed by atoms with E-state index in [2.05, 4.69) is 22.5 Å². The highest BCUT2D eigenvalue weighted by atomic mass is 16.2. The first kappa shape index (κ1) is 10.5. The van der Waals surface area contributed by atoms with Crippen molar-refractivity contribution in [3.05, 3.63) is 0 Å². The molecule has 0 aromatic rings. The Morgan fingerprint density at radius 2 is 2.38 bits per heavy atom. The van der Waals surface area contributed by atoms with Gasteiger partial charge in [0.15, 0.2) is 0 Å². The van der Waals surface area contributed by atoms with Crippen LogP contribution < -0.4 is 10.6 Å². The molecule has 76 valence electrons. The summed E-state index contributed by atoms with van der Waals surface area (Å²) in [6, 6.07) is 0.482. The summed E-state index contributed by atoms with van der Waals surface area (Å²) in [5.41, 5.74) is 0. The quantitative estimate of drug-likeness (QED) is 0.604. The minimum Gasteiger partial charge on any atom is -0.358 e. The molecule has 4 nitrogen and oxygen atoms in total. The van der Waals surface area contributed by atoms with Gasteiger partial charge in [0.1, 0.15) is 0 Å². The summed E-state index contributed by atoms with van der Waals surface area (Å²) in [7, 11) is 1.68. The third-order valence-electron chi connectivity index (χ3n) is 2.57. The highest BCUT2D eigenvalue weighted by molar-refractivity contribution is 5.80. The van der Waals surface area contributed by atoms with Crippen molar-refractivity contribution in [2.75, 3.05) is 26.7 Å². The van der Waals surface area contributed by atoms with Gasteiger partial charge in [0.25, 0.3) is 0 Å². The Morgan fingerprint density at radius 3 is 2.92 bits per heavy atom. The second-order valence-electron chi connectivity index (χ2n) is 3.64. The molecule has 1 aliphatic heterocycles. The second-order valence-corrected chi connectivity index (χ2v) is 3.64. The van der Waals surface area contributed by atoms with Gasteiger partial charge in [-0.2, -0.15) is 0 Å². The number of hydrogen-bond acceptors (Lipinski definition) is 3. The highest BCUT2D eigenvalue weighted by Crippen LogP contribution is 2.04. The molecule has 0 aromatic heterocycles. The summed E-state index contributed by atoms with van der Waals surface area (Å²) in [6.45, 7) is 6.98. The van der Waals surface area contributed by atoms with Gasteiger partial charge in [0.2, 0.25) is 5.91 Å². The molecule has 2 N–H and O–H groups in total. The third-order valence-corrected chi connectivity index (χ3v) is 2.57. The number of likely N-dealkylation sites (N-methyl/N-ethyl adjacent to an activating group) is 1. The van der Waals surface area contributed by atoms with Gasteiger partial charge in [-0.1, -0.05) is 0 Å². The van der Waals surface area contributed by atoms with Crippen LogP contribution in [0.1, 0.15) is 13.8 Å². The lowest BCUT2D eigenvalue weighted by atomic mass is 10.2. The summed E-state index contributed by atoms with van der Waals surface area (Å²) in [4.78, 5) is 13.6. The van der Waals surface area contributed by atoms with Crippen LogP contribution in [0.3, 0.4) is 0 Å². The van der Waals surface area contributed by atoms with Crippen LogP contribution in [0.4, 0.5) is 0 Å². The van der Waals surface area contributed by atoms with Crippen LogP contribution in [0.15, 0.2) is 0 Å². The zero-order valence-electron chi connectivity index (χ0n) is 8.63. The molecule has 1 saturated heterocycles. The third kappa shape index (κ3) is 2.67. The van der Waals surface area contributed by atoms with Crippen LogP contribution in [-0.4, -0.2) is 49.6 Å². The Bertz CT molecular complexity index is 184. The van der Waals surface area contributed by atoms with Crippen LogP contribution >= 0.6 is 0 Å². The molecule has 0 saturated carbocycles. The van der Waals surface area contributed by atoms with Crippen LogP contribution in [0.5, 0.6) is 0 Å². The van der Waals surface area contributed by atoms with Gasteiger partial charge >= 0.3 is 0 Å². The molecule has 4 heteroatoms. The molecule has 0 aromatic carbocycles. The molecule has 1 aliphatic rings. The fourth-order valence-electron chi connectivity index (χ4n) is 1.69. The predicted octanol–water partition coefficient (Wildman–Crippen LogP) is -0.585. The first-order valence-electron chi connectivity index (χ1n) is 4.84. The minimum atomic E-state index is -0.00505. The van der Waals surface area contributed by atoms with Gasteiger partial charge < -0.3 is 10.6 Å². The average Bonchev–Trinajstić information content (AvgIpc) is 2.15. The monoisotopic (exact) mass is 185 g/mol. The Morgan fingerprint density at radius 1 is 1.69 bits per heavy atom. The number of amides is 1. The Balaban J connectivity index is 2.45. The number of piperazine rings is 1. The summed E-state index contributed by atoms with van der Waals surface area (Å²) in [5.74, 6) is 0.106.